The van der Waals surface area contributed by atoms with Gasteiger partial charge in [-0.25, -0.2) is 0 Å². The molecule has 0 aromatic rings. The molecule has 0 aromatic carbocycles. The average Bonchev–Trinajstić information content (AvgIpc) is 2.27. The first-order valence-electron chi connectivity index (χ1n) is 7.84. The van der Waals surface area contributed by atoms with Crippen LogP contribution in [0.25, 0.3) is 0 Å². The molecular formula is C16H29N. The van der Waals surface area contributed by atoms with Crippen LogP contribution >= 0.6 is 0 Å². The van der Waals surface area contributed by atoms with Crippen molar-refractivity contribution in [3.8, 4) is 0 Å². The van der Waals surface area contributed by atoms with Gasteiger partial charge in [-0.15, -0.1) is 0 Å². The minimum absolute atomic E-state index is 0.748. The Morgan fingerprint density at radius 1 is 0.941 bits per heavy atom. The van der Waals surface area contributed by atoms with Crippen molar-refractivity contribution < 1.29 is 0 Å². The minimum atomic E-state index is 0.748. The molecule has 0 heterocycles. The van der Waals surface area contributed by atoms with Gasteiger partial charge in [0.25, 0.3) is 0 Å². The molecule has 1 heteroatoms. The molecule has 1 N–H and O–H groups in total. The SMILES string of the molecule is CNC(CC1C2CC3CC(C2)CC1C3)C(C)C. The second kappa shape index (κ2) is 4.57. The summed E-state index contributed by atoms with van der Waals surface area (Å²) in [5.41, 5.74) is 0. The van der Waals surface area contributed by atoms with E-state index < -0.39 is 0 Å². The summed E-state index contributed by atoms with van der Waals surface area (Å²) < 4.78 is 0. The van der Waals surface area contributed by atoms with E-state index in [4.69, 9.17) is 0 Å². The molecule has 4 fully saturated rings. The summed E-state index contributed by atoms with van der Waals surface area (Å²) in [7, 11) is 2.15. The van der Waals surface area contributed by atoms with Gasteiger partial charge in [-0.3, -0.25) is 0 Å². The van der Waals surface area contributed by atoms with Crippen LogP contribution in [0.15, 0.2) is 0 Å². The van der Waals surface area contributed by atoms with Crippen molar-refractivity contribution in [1.82, 2.24) is 5.32 Å². The molecule has 0 radical (unpaired) electrons. The predicted octanol–water partition coefficient (Wildman–Crippen LogP) is 3.69. The van der Waals surface area contributed by atoms with E-state index in [-0.39, 0.29) is 0 Å². The van der Waals surface area contributed by atoms with Gasteiger partial charge in [0.05, 0.1) is 0 Å². The van der Waals surface area contributed by atoms with Gasteiger partial charge in [-0.1, -0.05) is 13.8 Å². The summed E-state index contributed by atoms with van der Waals surface area (Å²) in [4.78, 5) is 0. The number of hydrogen-bond donors (Lipinski definition) is 1. The summed E-state index contributed by atoms with van der Waals surface area (Å²) in [5, 5.41) is 3.56. The van der Waals surface area contributed by atoms with E-state index in [0.29, 0.717) is 0 Å². The van der Waals surface area contributed by atoms with Crippen molar-refractivity contribution in [2.45, 2.75) is 58.4 Å². The standard InChI is InChI=1S/C16H29N/c1-10(2)16(17-3)9-15-13-5-11-4-12(7-13)8-14(15)6-11/h10-17H,4-9H2,1-3H3. The maximum Gasteiger partial charge on any atom is 0.00899 e. The van der Waals surface area contributed by atoms with Gasteiger partial charge in [0.2, 0.25) is 0 Å². The third-order valence-corrected chi connectivity index (χ3v) is 6.12. The predicted molar refractivity (Wildman–Crippen MR) is 72.8 cm³/mol. The van der Waals surface area contributed by atoms with Gasteiger partial charge in [0, 0.05) is 6.04 Å². The van der Waals surface area contributed by atoms with Gasteiger partial charge in [0.1, 0.15) is 0 Å². The Hall–Kier alpha value is -0.0400. The smallest absolute Gasteiger partial charge is 0.00899 e. The summed E-state index contributed by atoms with van der Waals surface area (Å²) in [5.74, 6) is 6.29. The molecule has 0 spiro atoms. The molecule has 98 valence electrons. The molecule has 17 heavy (non-hydrogen) atoms. The van der Waals surface area contributed by atoms with Crippen molar-refractivity contribution in [1.29, 1.82) is 0 Å². The highest BCUT2D eigenvalue weighted by Gasteiger charge is 2.48. The number of nitrogens with one attached hydrogen (secondary N) is 1. The van der Waals surface area contributed by atoms with Gasteiger partial charge >= 0.3 is 0 Å². The Bertz CT molecular complexity index is 243. The molecule has 0 saturated heterocycles. The summed E-state index contributed by atoms with van der Waals surface area (Å²) in [6.45, 7) is 4.74. The lowest BCUT2D eigenvalue weighted by molar-refractivity contribution is -0.0446. The zero-order valence-corrected chi connectivity index (χ0v) is 11.8. The van der Waals surface area contributed by atoms with E-state index in [1.54, 1.807) is 32.1 Å². The second-order valence-electron chi connectivity index (χ2n) is 7.47. The Labute approximate surface area is 107 Å². The Morgan fingerprint density at radius 2 is 1.47 bits per heavy atom. The van der Waals surface area contributed by atoms with Crippen LogP contribution in [0, 0.1) is 35.5 Å². The van der Waals surface area contributed by atoms with Crippen molar-refractivity contribution in [2.75, 3.05) is 7.05 Å². The van der Waals surface area contributed by atoms with Crippen LogP contribution in [-0.2, 0) is 0 Å². The fraction of sp³-hybridized carbons (Fsp3) is 1.00. The zero-order valence-electron chi connectivity index (χ0n) is 11.8. The maximum absolute atomic E-state index is 3.56. The fourth-order valence-corrected chi connectivity index (χ4v) is 5.44. The normalized spacial score (nSPS) is 45.5. The molecule has 4 saturated carbocycles. The topological polar surface area (TPSA) is 12.0 Å². The minimum Gasteiger partial charge on any atom is -0.317 e. The van der Waals surface area contributed by atoms with Crippen molar-refractivity contribution in [3.63, 3.8) is 0 Å². The van der Waals surface area contributed by atoms with Gasteiger partial charge in [-0.05, 0) is 81.1 Å². The van der Waals surface area contributed by atoms with E-state index in [1.807, 2.05) is 0 Å². The summed E-state index contributed by atoms with van der Waals surface area (Å²) >= 11 is 0. The molecule has 4 aliphatic carbocycles. The van der Waals surface area contributed by atoms with Crippen molar-refractivity contribution in [3.05, 3.63) is 0 Å². The maximum atomic E-state index is 3.56. The number of rotatable bonds is 4. The quantitative estimate of drug-likeness (QED) is 0.783. The van der Waals surface area contributed by atoms with E-state index in [2.05, 4.69) is 26.2 Å². The molecular weight excluding hydrogens is 206 g/mol. The Kier molecular flexibility index (Phi) is 3.23. The van der Waals surface area contributed by atoms with Crippen LogP contribution in [0.5, 0.6) is 0 Å². The molecule has 0 aromatic heterocycles. The van der Waals surface area contributed by atoms with Gasteiger partial charge in [-0.2, -0.15) is 0 Å². The van der Waals surface area contributed by atoms with Crippen LogP contribution < -0.4 is 5.32 Å². The lowest BCUT2D eigenvalue weighted by Gasteiger charge is -2.55. The number of hydrogen-bond acceptors (Lipinski definition) is 1. The molecule has 4 aliphatic rings. The first-order valence-corrected chi connectivity index (χ1v) is 7.84. The van der Waals surface area contributed by atoms with Crippen LogP contribution in [-0.4, -0.2) is 13.1 Å². The molecule has 0 aliphatic heterocycles. The molecule has 1 unspecified atom stereocenters. The average molecular weight is 235 g/mol. The van der Waals surface area contributed by atoms with Gasteiger partial charge < -0.3 is 5.32 Å². The first-order chi connectivity index (χ1) is 8.17. The van der Waals surface area contributed by atoms with Crippen molar-refractivity contribution in [2.24, 2.45) is 35.5 Å². The highest BCUT2D eigenvalue weighted by Crippen LogP contribution is 2.57. The van der Waals surface area contributed by atoms with E-state index >= 15 is 0 Å². The second-order valence-corrected chi connectivity index (χ2v) is 7.47. The van der Waals surface area contributed by atoms with E-state index in [0.717, 1.165) is 41.5 Å². The third-order valence-electron chi connectivity index (χ3n) is 6.12. The third kappa shape index (κ3) is 2.16. The molecule has 0 amide bonds. The lowest BCUT2D eigenvalue weighted by atomic mass is 9.51. The van der Waals surface area contributed by atoms with E-state index in [9.17, 15) is 0 Å². The molecule has 4 bridgehead atoms. The summed E-state index contributed by atoms with van der Waals surface area (Å²) in [6.07, 6.45) is 9.33. The van der Waals surface area contributed by atoms with Crippen LogP contribution in [0.3, 0.4) is 0 Å². The molecule has 4 rings (SSSR count). The largest absolute Gasteiger partial charge is 0.317 e. The highest BCUT2D eigenvalue weighted by atomic mass is 14.9. The van der Waals surface area contributed by atoms with Gasteiger partial charge in [0.15, 0.2) is 0 Å². The molecule has 1 nitrogen and oxygen atoms in total. The Balaban J connectivity index is 1.67. The van der Waals surface area contributed by atoms with E-state index in [1.165, 1.54) is 6.42 Å². The Morgan fingerprint density at radius 3 is 1.88 bits per heavy atom. The van der Waals surface area contributed by atoms with Crippen LogP contribution in [0.1, 0.15) is 52.4 Å². The van der Waals surface area contributed by atoms with Crippen LogP contribution in [0.2, 0.25) is 0 Å². The highest BCUT2D eigenvalue weighted by molar-refractivity contribution is 4.99. The fourth-order valence-electron chi connectivity index (χ4n) is 5.44. The van der Waals surface area contributed by atoms with Crippen LogP contribution in [0.4, 0.5) is 0 Å². The summed E-state index contributed by atoms with van der Waals surface area (Å²) in [6, 6.07) is 0.748. The lowest BCUT2D eigenvalue weighted by Crippen LogP contribution is -2.47. The first kappa shape index (κ1) is 12.0. The monoisotopic (exact) mass is 235 g/mol. The molecule has 1 atom stereocenters. The zero-order chi connectivity index (χ0) is 12.0. The van der Waals surface area contributed by atoms with Crippen molar-refractivity contribution >= 4 is 0 Å².